The van der Waals surface area contributed by atoms with Gasteiger partial charge in [0.15, 0.2) is 0 Å². The van der Waals surface area contributed by atoms with Crippen LogP contribution in [0.2, 0.25) is 0 Å². The number of nitriles is 1. The molecule has 0 aliphatic carbocycles. The second-order valence-corrected chi connectivity index (χ2v) is 7.18. The number of sulfonamides is 1. The first-order valence-corrected chi connectivity index (χ1v) is 9.06. The zero-order chi connectivity index (χ0) is 16.7. The molecular weight excluding hydrogens is 308 g/mol. The maximum atomic E-state index is 12.7. The quantitative estimate of drug-likeness (QED) is 0.729. The van der Waals surface area contributed by atoms with E-state index >= 15 is 0 Å². The lowest BCUT2D eigenvalue weighted by molar-refractivity contribution is 0.435. The van der Waals surface area contributed by atoms with Gasteiger partial charge in [-0.1, -0.05) is 55.8 Å². The number of nitrogens with zero attached hydrogens (tertiary/aromatic N) is 2. The van der Waals surface area contributed by atoms with Crippen molar-refractivity contribution in [2.75, 3.05) is 13.1 Å². The number of rotatable bonds is 7. The highest BCUT2D eigenvalue weighted by molar-refractivity contribution is 7.89. The molecule has 23 heavy (non-hydrogen) atoms. The Balaban J connectivity index is 2.27. The molecule has 0 aliphatic heterocycles. The number of hydrogen-bond acceptors (Lipinski definition) is 3. The summed E-state index contributed by atoms with van der Waals surface area (Å²) in [6, 6.07) is 18.5. The third-order valence-electron chi connectivity index (χ3n) is 3.61. The summed E-state index contributed by atoms with van der Waals surface area (Å²) in [6.45, 7) is 2.24. The minimum absolute atomic E-state index is 0.122. The molecule has 2 aromatic rings. The average molecular weight is 328 g/mol. The van der Waals surface area contributed by atoms with Gasteiger partial charge in [-0.2, -0.15) is 9.57 Å². The van der Waals surface area contributed by atoms with E-state index in [9.17, 15) is 8.42 Å². The molecule has 0 aliphatic rings. The monoisotopic (exact) mass is 328 g/mol. The molecule has 0 saturated heterocycles. The van der Waals surface area contributed by atoms with Gasteiger partial charge in [0.2, 0.25) is 10.0 Å². The van der Waals surface area contributed by atoms with E-state index < -0.39 is 10.0 Å². The normalized spacial score (nSPS) is 11.3. The van der Waals surface area contributed by atoms with Crippen molar-refractivity contribution in [3.05, 3.63) is 54.6 Å². The summed E-state index contributed by atoms with van der Waals surface area (Å²) in [5, 5.41) is 8.88. The van der Waals surface area contributed by atoms with Crippen LogP contribution in [0.15, 0.2) is 59.5 Å². The molecule has 4 nitrogen and oxygen atoms in total. The molecule has 0 fully saturated rings. The summed E-state index contributed by atoms with van der Waals surface area (Å²) in [4.78, 5) is 0.225. The Bertz CT molecular complexity index is 763. The van der Waals surface area contributed by atoms with E-state index in [0.29, 0.717) is 6.54 Å². The predicted molar refractivity (Wildman–Crippen MR) is 91.2 cm³/mol. The average Bonchev–Trinajstić information content (AvgIpc) is 2.59. The number of unbranched alkanes of at least 4 members (excludes halogenated alkanes) is 1. The highest BCUT2D eigenvalue weighted by Crippen LogP contribution is 2.23. The van der Waals surface area contributed by atoms with E-state index in [0.717, 1.165) is 24.0 Å². The predicted octanol–water partition coefficient (Wildman–Crippen LogP) is 3.67. The van der Waals surface area contributed by atoms with Crippen molar-refractivity contribution in [1.82, 2.24) is 4.31 Å². The molecule has 0 aromatic heterocycles. The summed E-state index contributed by atoms with van der Waals surface area (Å²) < 4.78 is 26.5. The van der Waals surface area contributed by atoms with Crippen molar-refractivity contribution < 1.29 is 8.42 Å². The van der Waals surface area contributed by atoms with Gasteiger partial charge in [0.25, 0.3) is 0 Å². The molecule has 0 radical (unpaired) electrons. The van der Waals surface area contributed by atoms with Crippen LogP contribution in [0.25, 0.3) is 11.1 Å². The second kappa shape index (κ2) is 7.91. The van der Waals surface area contributed by atoms with E-state index in [-0.39, 0.29) is 11.4 Å². The smallest absolute Gasteiger partial charge is 0.207 e. The Labute approximate surface area is 138 Å². The molecule has 0 atom stereocenters. The summed E-state index contributed by atoms with van der Waals surface area (Å²) in [6.07, 6.45) is 1.62. The zero-order valence-corrected chi connectivity index (χ0v) is 14.0. The first-order valence-electron chi connectivity index (χ1n) is 7.62. The van der Waals surface area contributed by atoms with Crippen LogP contribution in [-0.4, -0.2) is 25.8 Å². The van der Waals surface area contributed by atoms with Crippen molar-refractivity contribution in [1.29, 1.82) is 5.26 Å². The van der Waals surface area contributed by atoms with E-state index in [1.807, 2.05) is 43.3 Å². The lowest BCUT2D eigenvalue weighted by Gasteiger charge is -2.19. The molecule has 0 saturated carbocycles. The van der Waals surface area contributed by atoms with E-state index in [1.54, 1.807) is 24.3 Å². The molecule has 120 valence electrons. The fraction of sp³-hybridized carbons (Fsp3) is 0.278. The van der Waals surface area contributed by atoms with Gasteiger partial charge in [0.1, 0.15) is 6.54 Å². The van der Waals surface area contributed by atoms with Crippen LogP contribution < -0.4 is 0 Å². The number of benzene rings is 2. The van der Waals surface area contributed by atoms with Gasteiger partial charge in [-0.15, -0.1) is 0 Å². The first-order chi connectivity index (χ1) is 11.1. The van der Waals surface area contributed by atoms with Gasteiger partial charge >= 0.3 is 0 Å². The molecule has 0 spiro atoms. The van der Waals surface area contributed by atoms with Gasteiger partial charge in [-0.25, -0.2) is 8.42 Å². The Morgan fingerprint density at radius 1 is 1.00 bits per heavy atom. The van der Waals surface area contributed by atoms with Crippen molar-refractivity contribution in [3.8, 4) is 17.2 Å². The highest BCUT2D eigenvalue weighted by Gasteiger charge is 2.23. The van der Waals surface area contributed by atoms with Crippen LogP contribution in [0.5, 0.6) is 0 Å². The van der Waals surface area contributed by atoms with E-state index in [1.165, 1.54) is 4.31 Å². The lowest BCUT2D eigenvalue weighted by Crippen LogP contribution is -2.32. The molecule has 2 rings (SSSR count). The molecular formula is C18H20N2O2S. The van der Waals surface area contributed by atoms with Gasteiger partial charge in [0, 0.05) is 6.54 Å². The van der Waals surface area contributed by atoms with E-state index in [4.69, 9.17) is 5.26 Å². The standard InChI is InChI=1S/C18H20N2O2S/c1-2-3-14-20(15-13-19)23(21,22)18-11-9-17(10-12-18)16-7-5-4-6-8-16/h4-12H,2-3,14-15H2,1H3. The van der Waals surface area contributed by atoms with Gasteiger partial charge in [0.05, 0.1) is 11.0 Å². The topological polar surface area (TPSA) is 61.2 Å². The van der Waals surface area contributed by atoms with Gasteiger partial charge in [-0.05, 0) is 29.7 Å². The zero-order valence-electron chi connectivity index (χ0n) is 13.1. The maximum absolute atomic E-state index is 12.7. The van der Waals surface area contributed by atoms with Crippen molar-refractivity contribution in [2.24, 2.45) is 0 Å². The maximum Gasteiger partial charge on any atom is 0.244 e. The lowest BCUT2D eigenvalue weighted by atomic mass is 10.1. The van der Waals surface area contributed by atoms with Crippen molar-refractivity contribution in [3.63, 3.8) is 0 Å². The fourth-order valence-corrected chi connectivity index (χ4v) is 3.67. The molecule has 2 aromatic carbocycles. The summed E-state index contributed by atoms with van der Waals surface area (Å²) in [7, 11) is -3.62. The van der Waals surface area contributed by atoms with Crippen LogP contribution in [0, 0.1) is 11.3 Å². The Morgan fingerprint density at radius 2 is 1.61 bits per heavy atom. The summed E-state index contributed by atoms with van der Waals surface area (Å²) in [5.74, 6) is 0. The minimum Gasteiger partial charge on any atom is -0.207 e. The molecule has 0 heterocycles. The third kappa shape index (κ3) is 4.19. The second-order valence-electron chi connectivity index (χ2n) is 5.24. The van der Waals surface area contributed by atoms with Gasteiger partial charge < -0.3 is 0 Å². The summed E-state index contributed by atoms with van der Waals surface area (Å²) >= 11 is 0. The van der Waals surface area contributed by atoms with E-state index in [2.05, 4.69) is 0 Å². The minimum atomic E-state index is -3.62. The summed E-state index contributed by atoms with van der Waals surface area (Å²) in [5.41, 5.74) is 2.00. The molecule has 0 bridgehead atoms. The van der Waals surface area contributed by atoms with Crippen LogP contribution in [0.3, 0.4) is 0 Å². The molecule has 0 N–H and O–H groups in total. The highest BCUT2D eigenvalue weighted by atomic mass is 32.2. The number of hydrogen-bond donors (Lipinski definition) is 0. The van der Waals surface area contributed by atoms with Gasteiger partial charge in [-0.3, -0.25) is 0 Å². The molecule has 0 amide bonds. The van der Waals surface area contributed by atoms with Crippen molar-refractivity contribution in [2.45, 2.75) is 24.7 Å². The van der Waals surface area contributed by atoms with Crippen molar-refractivity contribution >= 4 is 10.0 Å². The Hall–Kier alpha value is -2.16. The first kappa shape index (κ1) is 17.2. The largest absolute Gasteiger partial charge is 0.244 e. The van der Waals surface area contributed by atoms with Crippen LogP contribution in [0.4, 0.5) is 0 Å². The molecule has 5 heteroatoms. The Kier molecular flexibility index (Phi) is 5.91. The Morgan fingerprint density at radius 3 is 2.17 bits per heavy atom. The fourth-order valence-electron chi connectivity index (χ4n) is 2.30. The van der Waals surface area contributed by atoms with Crippen LogP contribution in [0.1, 0.15) is 19.8 Å². The van der Waals surface area contributed by atoms with Crippen LogP contribution >= 0.6 is 0 Å². The SMILES string of the molecule is CCCCN(CC#N)S(=O)(=O)c1ccc(-c2ccccc2)cc1. The molecule has 0 unspecified atom stereocenters. The third-order valence-corrected chi connectivity index (χ3v) is 5.47. The van der Waals surface area contributed by atoms with Crippen LogP contribution in [-0.2, 0) is 10.0 Å².